The number of pyridine rings is 1. The van der Waals surface area contributed by atoms with E-state index >= 15 is 0 Å². The molecule has 3 N–H and O–H groups in total. The van der Waals surface area contributed by atoms with E-state index in [0.717, 1.165) is 5.56 Å². The predicted molar refractivity (Wildman–Crippen MR) is 41.8 cm³/mol. The van der Waals surface area contributed by atoms with Gasteiger partial charge >= 0.3 is 0 Å². The van der Waals surface area contributed by atoms with Gasteiger partial charge in [-0.05, 0) is 18.6 Å². The van der Waals surface area contributed by atoms with Gasteiger partial charge < -0.3 is 5.43 Å². The van der Waals surface area contributed by atoms with Crippen LogP contribution in [0.1, 0.15) is 5.56 Å². The van der Waals surface area contributed by atoms with Crippen molar-refractivity contribution in [3.8, 4) is 0 Å². The molecule has 0 saturated heterocycles. The third kappa shape index (κ3) is 1.37. The van der Waals surface area contributed by atoms with Crippen LogP contribution in [-0.2, 0) is 0 Å². The molecular formula is C6H8ClN3. The van der Waals surface area contributed by atoms with Crippen molar-refractivity contribution in [2.45, 2.75) is 6.92 Å². The predicted octanol–water partition coefficient (Wildman–Crippen LogP) is 1.33. The molecule has 4 heteroatoms. The lowest BCUT2D eigenvalue weighted by atomic mass is 10.3. The molecule has 0 spiro atoms. The van der Waals surface area contributed by atoms with Gasteiger partial charge in [0.25, 0.3) is 0 Å². The zero-order valence-electron chi connectivity index (χ0n) is 5.56. The number of nitrogens with two attached hydrogens (primary N) is 1. The maximum Gasteiger partial charge on any atom is 0.140 e. The molecule has 0 saturated carbocycles. The SMILES string of the molecule is Cc1cc(NN)ncc1Cl. The van der Waals surface area contributed by atoms with E-state index in [4.69, 9.17) is 17.4 Å². The molecule has 1 rings (SSSR count). The fourth-order valence-corrected chi connectivity index (χ4v) is 0.722. The van der Waals surface area contributed by atoms with Crippen molar-refractivity contribution in [1.29, 1.82) is 0 Å². The van der Waals surface area contributed by atoms with Gasteiger partial charge in [-0.2, -0.15) is 0 Å². The number of aryl methyl sites for hydroxylation is 1. The molecule has 0 unspecified atom stereocenters. The second kappa shape index (κ2) is 2.86. The number of hydrazine groups is 1. The van der Waals surface area contributed by atoms with Crippen LogP contribution in [0.4, 0.5) is 5.82 Å². The lowest BCUT2D eigenvalue weighted by Crippen LogP contribution is -2.08. The second-order valence-corrected chi connectivity index (χ2v) is 2.37. The van der Waals surface area contributed by atoms with Gasteiger partial charge in [0.1, 0.15) is 5.82 Å². The Balaban J connectivity index is 3.04. The molecule has 1 aromatic rings. The lowest BCUT2D eigenvalue weighted by Gasteiger charge is -2.00. The van der Waals surface area contributed by atoms with Crippen molar-refractivity contribution in [3.05, 3.63) is 22.8 Å². The summed E-state index contributed by atoms with van der Waals surface area (Å²) in [5.74, 6) is 5.74. The van der Waals surface area contributed by atoms with Crippen molar-refractivity contribution < 1.29 is 0 Å². The minimum atomic E-state index is 0.627. The molecule has 0 amide bonds. The smallest absolute Gasteiger partial charge is 0.140 e. The Morgan fingerprint density at radius 1 is 1.70 bits per heavy atom. The van der Waals surface area contributed by atoms with Crippen LogP contribution < -0.4 is 11.3 Å². The molecule has 1 heterocycles. The number of aromatic nitrogens is 1. The van der Waals surface area contributed by atoms with Crippen LogP contribution in [0, 0.1) is 6.92 Å². The van der Waals surface area contributed by atoms with Crippen LogP contribution in [-0.4, -0.2) is 4.98 Å². The van der Waals surface area contributed by atoms with Crippen molar-refractivity contribution in [1.82, 2.24) is 4.98 Å². The average Bonchev–Trinajstić information content (AvgIpc) is 1.95. The van der Waals surface area contributed by atoms with E-state index in [9.17, 15) is 0 Å². The molecule has 0 aliphatic carbocycles. The summed E-state index contributed by atoms with van der Waals surface area (Å²) in [7, 11) is 0. The number of rotatable bonds is 1. The van der Waals surface area contributed by atoms with Crippen LogP contribution >= 0.6 is 11.6 Å². The molecular weight excluding hydrogens is 150 g/mol. The number of hydrogen-bond donors (Lipinski definition) is 2. The maximum absolute atomic E-state index is 5.71. The van der Waals surface area contributed by atoms with Crippen LogP contribution in [0.15, 0.2) is 12.3 Å². The first kappa shape index (κ1) is 7.31. The zero-order chi connectivity index (χ0) is 7.56. The molecule has 10 heavy (non-hydrogen) atoms. The third-order valence-electron chi connectivity index (χ3n) is 1.19. The molecule has 54 valence electrons. The van der Waals surface area contributed by atoms with Gasteiger partial charge in [-0.25, -0.2) is 10.8 Å². The summed E-state index contributed by atoms with van der Waals surface area (Å²) in [5.41, 5.74) is 3.39. The van der Waals surface area contributed by atoms with Gasteiger partial charge in [0, 0.05) is 6.20 Å². The van der Waals surface area contributed by atoms with Gasteiger partial charge in [-0.1, -0.05) is 11.6 Å². The Morgan fingerprint density at radius 2 is 2.40 bits per heavy atom. The van der Waals surface area contributed by atoms with E-state index in [0.29, 0.717) is 10.8 Å². The Kier molecular flexibility index (Phi) is 2.09. The van der Waals surface area contributed by atoms with E-state index in [2.05, 4.69) is 10.4 Å². The highest BCUT2D eigenvalue weighted by Gasteiger charge is 1.95. The fourth-order valence-electron chi connectivity index (χ4n) is 0.618. The molecule has 1 aromatic heterocycles. The molecule has 3 nitrogen and oxygen atoms in total. The molecule has 0 fully saturated rings. The number of anilines is 1. The maximum atomic E-state index is 5.71. The van der Waals surface area contributed by atoms with Crippen LogP contribution in [0.2, 0.25) is 5.02 Å². The van der Waals surface area contributed by atoms with Crippen LogP contribution in [0.3, 0.4) is 0 Å². The topological polar surface area (TPSA) is 50.9 Å². The van der Waals surface area contributed by atoms with Gasteiger partial charge in [-0.15, -0.1) is 0 Å². The molecule has 0 aromatic carbocycles. The van der Waals surface area contributed by atoms with Crippen molar-refractivity contribution in [2.24, 2.45) is 5.84 Å². The van der Waals surface area contributed by atoms with E-state index in [1.165, 1.54) is 0 Å². The Hall–Kier alpha value is -0.800. The fraction of sp³-hybridized carbons (Fsp3) is 0.167. The lowest BCUT2D eigenvalue weighted by molar-refractivity contribution is 1.21. The molecule has 0 bridgehead atoms. The first-order valence-electron chi connectivity index (χ1n) is 2.83. The average molecular weight is 158 g/mol. The summed E-state index contributed by atoms with van der Waals surface area (Å²) in [6.45, 7) is 1.89. The quantitative estimate of drug-likeness (QED) is 0.478. The third-order valence-corrected chi connectivity index (χ3v) is 1.59. The summed E-state index contributed by atoms with van der Waals surface area (Å²) in [5, 5.41) is 0.652. The number of nitrogens with one attached hydrogen (secondary N) is 1. The van der Waals surface area contributed by atoms with Crippen molar-refractivity contribution in [2.75, 3.05) is 5.43 Å². The summed E-state index contributed by atoms with van der Waals surface area (Å²) in [4.78, 5) is 3.89. The number of nitrogens with zero attached hydrogens (tertiary/aromatic N) is 1. The number of nitrogen functional groups attached to an aromatic ring is 1. The highest BCUT2D eigenvalue weighted by Crippen LogP contribution is 2.15. The molecule has 0 aliphatic rings. The first-order valence-corrected chi connectivity index (χ1v) is 3.20. The molecule has 0 aliphatic heterocycles. The minimum Gasteiger partial charge on any atom is -0.308 e. The summed E-state index contributed by atoms with van der Waals surface area (Å²) < 4.78 is 0. The first-order chi connectivity index (χ1) is 4.74. The zero-order valence-corrected chi connectivity index (χ0v) is 6.31. The van der Waals surface area contributed by atoms with Gasteiger partial charge in [-0.3, -0.25) is 0 Å². The van der Waals surface area contributed by atoms with Gasteiger partial charge in [0.2, 0.25) is 0 Å². The monoisotopic (exact) mass is 157 g/mol. The van der Waals surface area contributed by atoms with Crippen molar-refractivity contribution >= 4 is 17.4 Å². The number of halogens is 1. The Morgan fingerprint density at radius 3 is 2.90 bits per heavy atom. The highest BCUT2D eigenvalue weighted by atomic mass is 35.5. The standard InChI is InChI=1S/C6H8ClN3/c1-4-2-6(10-8)9-3-5(4)7/h2-3H,8H2,1H3,(H,9,10). The van der Waals surface area contributed by atoms with E-state index in [1.54, 1.807) is 12.3 Å². The summed E-state index contributed by atoms with van der Waals surface area (Å²) in [6.07, 6.45) is 1.56. The van der Waals surface area contributed by atoms with E-state index in [-0.39, 0.29) is 0 Å². The second-order valence-electron chi connectivity index (χ2n) is 1.96. The molecule has 0 radical (unpaired) electrons. The van der Waals surface area contributed by atoms with Gasteiger partial charge in [0.15, 0.2) is 0 Å². The van der Waals surface area contributed by atoms with Crippen LogP contribution in [0.5, 0.6) is 0 Å². The van der Waals surface area contributed by atoms with E-state index < -0.39 is 0 Å². The Bertz CT molecular complexity index is 236. The summed E-state index contributed by atoms with van der Waals surface area (Å²) in [6, 6.07) is 1.78. The Labute approximate surface area is 64.2 Å². The highest BCUT2D eigenvalue weighted by molar-refractivity contribution is 6.31. The van der Waals surface area contributed by atoms with Crippen molar-refractivity contribution in [3.63, 3.8) is 0 Å². The van der Waals surface area contributed by atoms with E-state index in [1.807, 2.05) is 6.92 Å². The summed E-state index contributed by atoms with van der Waals surface area (Å²) >= 11 is 5.71. The minimum absolute atomic E-state index is 0.627. The van der Waals surface area contributed by atoms with Gasteiger partial charge in [0.05, 0.1) is 5.02 Å². The van der Waals surface area contributed by atoms with Crippen LogP contribution in [0.25, 0.3) is 0 Å². The molecule has 0 atom stereocenters. The normalized spacial score (nSPS) is 9.50. The largest absolute Gasteiger partial charge is 0.308 e. The number of hydrogen-bond acceptors (Lipinski definition) is 3.